The molecule has 0 N–H and O–H groups in total. The molecule has 5 heteroatoms. The molecular weight excluding hydrogens is 314 g/mol. The van der Waals surface area contributed by atoms with E-state index < -0.39 is 0 Å². The predicted octanol–water partition coefficient (Wildman–Crippen LogP) is 2.42. The van der Waals surface area contributed by atoms with Gasteiger partial charge >= 0.3 is 0 Å². The highest BCUT2D eigenvalue weighted by Crippen LogP contribution is 2.19. The van der Waals surface area contributed by atoms with Crippen LogP contribution in [0.2, 0.25) is 0 Å². The van der Waals surface area contributed by atoms with E-state index in [-0.39, 0.29) is 12.5 Å². The van der Waals surface area contributed by atoms with Crippen molar-refractivity contribution in [2.75, 3.05) is 32.8 Å². The standard InChI is InChI=1S/C20H25N3O2/c1-16-5-6-17(2)19(12-16)25-15-20(24)23-10-8-22(9-11-23)14-18-4-3-7-21-13-18/h3-7,12-13H,8-11,14-15H2,1-2H3. The number of aromatic nitrogens is 1. The fourth-order valence-electron chi connectivity index (χ4n) is 3.00. The van der Waals surface area contributed by atoms with E-state index in [9.17, 15) is 4.79 Å². The first kappa shape index (κ1) is 17.4. The second-order valence-corrected chi connectivity index (χ2v) is 6.58. The van der Waals surface area contributed by atoms with Gasteiger partial charge in [-0.2, -0.15) is 0 Å². The lowest BCUT2D eigenvalue weighted by atomic mass is 10.1. The third kappa shape index (κ3) is 4.79. The number of benzene rings is 1. The van der Waals surface area contributed by atoms with E-state index in [1.165, 1.54) is 5.56 Å². The van der Waals surface area contributed by atoms with E-state index in [1.54, 1.807) is 6.20 Å². The zero-order valence-corrected chi connectivity index (χ0v) is 14.9. The Labute approximate surface area is 149 Å². The minimum atomic E-state index is 0.0573. The van der Waals surface area contributed by atoms with Gasteiger partial charge in [0.1, 0.15) is 5.75 Å². The predicted molar refractivity (Wildman–Crippen MR) is 97.5 cm³/mol. The van der Waals surface area contributed by atoms with Gasteiger partial charge in [-0.25, -0.2) is 0 Å². The van der Waals surface area contributed by atoms with Crippen LogP contribution in [0.1, 0.15) is 16.7 Å². The number of carbonyl (C=O) groups is 1. The monoisotopic (exact) mass is 339 g/mol. The summed E-state index contributed by atoms with van der Waals surface area (Å²) in [5, 5.41) is 0. The van der Waals surface area contributed by atoms with Crippen molar-refractivity contribution in [3.8, 4) is 5.75 Å². The van der Waals surface area contributed by atoms with Gasteiger partial charge in [-0.05, 0) is 42.7 Å². The number of ether oxygens (including phenoxy) is 1. The van der Waals surface area contributed by atoms with Gasteiger partial charge in [-0.15, -0.1) is 0 Å². The Hall–Kier alpha value is -2.40. The molecule has 3 rings (SSSR count). The zero-order chi connectivity index (χ0) is 17.6. The van der Waals surface area contributed by atoms with E-state index in [0.717, 1.165) is 49.6 Å². The summed E-state index contributed by atoms with van der Waals surface area (Å²) in [6.07, 6.45) is 3.69. The number of piperazine rings is 1. The van der Waals surface area contributed by atoms with Crippen molar-refractivity contribution in [3.63, 3.8) is 0 Å². The van der Waals surface area contributed by atoms with Gasteiger partial charge in [-0.3, -0.25) is 14.7 Å². The summed E-state index contributed by atoms with van der Waals surface area (Å²) in [5.41, 5.74) is 3.40. The first-order valence-corrected chi connectivity index (χ1v) is 8.71. The highest BCUT2D eigenvalue weighted by Gasteiger charge is 2.21. The van der Waals surface area contributed by atoms with Gasteiger partial charge in [0.05, 0.1) is 0 Å². The Morgan fingerprint density at radius 3 is 2.68 bits per heavy atom. The van der Waals surface area contributed by atoms with Gasteiger partial charge in [0, 0.05) is 45.1 Å². The lowest BCUT2D eigenvalue weighted by Crippen LogP contribution is -2.49. The second kappa shape index (κ2) is 8.12. The highest BCUT2D eigenvalue weighted by atomic mass is 16.5. The van der Waals surface area contributed by atoms with E-state index in [4.69, 9.17) is 4.74 Å². The number of hydrogen-bond donors (Lipinski definition) is 0. The molecule has 1 fully saturated rings. The number of rotatable bonds is 5. The number of pyridine rings is 1. The first-order valence-electron chi connectivity index (χ1n) is 8.71. The quantitative estimate of drug-likeness (QED) is 0.839. The molecule has 1 aliphatic rings. The lowest BCUT2D eigenvalue weighted by Gasteiger charge is -2.34. The third-order valence-electron chi connectivity index (χ3n) is 4.55. The summed E-state index contributed by atoms with van der Waals surface area (Å²) < 4.78 is 5.74. The Morgan fingerprint density at radius 1 is 1.16 bits per heavy atom. The molecule has 0 aliphatic carbocycles. The topological polar surface area (TPSA) is 45.7 Å². The number of amides is 1. The van der Waals surface area contributed by atoms with Crippen molar-refractivity contribution < 1.29 is 9.53 Å². The minimum absolute atomic E-state index is 0.0573. The maximum atomic E-state index is 12.4. The largest absolute Gasteiger partial charge is 0.483 e. The molecule has 5 nitrogen and oxygen atoms in total. The number of nitrogens with zero attached hydrogens (tertiary/aromatic N) is 3. The van der Waals surface area contributed by atoms with Gasteiger partial charge in [0.15, 0.2) is 6.61 Å². The summed E-state index contributed by atoms with van der Waals surface area (Å²) in [4.78, 5) is 20.8. The fraction of sp³-hybridized carbons (Fsp3) is 0.400. The Morgan fingerprint density at radius 2 is 1.96 bits per heavy atom. The average Bonchev–Trinajstić information content (AvgIpc) is 2.64. The van der Waals surface area contributed by atoms with Crippen LogP contribution in [0.25, 0.3) is 0 Å². The molecule has 1 saturated heterocycles. The van der Waals surface area contributed by atoms with Gasteiger partial charge in [0.25, 0.3) is 5.91 Å². The SMILES string of the molecule is Cc1ccc(C)c(OCC(=O)N2CCN(Cc3cccnc3)CC2)c1. The molecule has 0 saturated carbocycles. The Kier molecular flexibility index (Phi) is 5.66. The number of aryl methyl sites for hydroxylation is 2. The smallest absolute Gasteiger partial charge is 0.260 e. The van der Waals surface area contributed by atoms with Crippen LogP contribution in [0.4, 0.5) is 0 Å². The summed E-state index contributed by atoms with van der Waals surface area (Å²) in [6.45, 7) is 8.26. The van der Waals surface area contributed by atoms with Crippen molar-refractivity contribution in [3.05, 3.63) is 59.4 Å². The average molecular weight is 339 g/mol. The van der Waals surface area contributed by atoms with Gasteiger partial charge in [0.2, 0.25) is 0 Å². The van der Waals surface area contributed by atoms with Crippen LogP contribution in [-0.2, 0) is 11.3 Å². The van der Waals surface area contributed by atoms with E-state index in [2.05, 4.69) is 16.0 Å². The Bertz CT molecular complexity index is 710. The van der Waals surface area contributed by atoms with Gasteiger partial charge in [-0.1, -0.05) is 18.2 Å². The van der Waals surface area contributed by atoms with Gasteiger partial charge < -0.3 is 9.64 Å². The zero-order valence-electron chi connectivity index (χ0n) is 14.9. The van der Waals surface area contributed by atoms with Crippen LogP contribution < -0.4 is 4.74 Å². The molecule has 0 radical (unpaired) electrons. The molecule has 0 unspecified atom stereocenters. The van der Waals surface area contributed by atoms with Crippen LogP contribution >= 0.6 is 0 Å². The van der Waals surface area contributed by atoms with Crippen molar-refractivity contribution in [1.29, 1.82) is 0 Å². The van der Waals surface area contributed by atoms with E-state index in [1.807, 2.05) is 49.2 Å². The maximum Gasteiger partial charge on any atom is 0.260 e. The molecule has 2 heterocycles. The second-order valence-electron chi connectivity index (χ2n) is 6.58. The van der Waals surface area contributed by atoms with Crippen LogP contribution in [0, 0.1) is 13.8 Å². The molecular formula is C20H25N3O2. The molecule has 2 aromatic rings. The van der Waals surface area contributed by atoms with Crippen LogP contribution in [0.3, 0.4) is 0 Å². The van der Waals surface area contributed by atoms with E-state index >= 15 is 0 Å². The summed E-state index contributed by atoms with van der Waals surface area (Å²) in [7, 11) is 0. The van der Waals surface area contributed by atoms with Crippen LogP contribution in [-0.4, -0.2) is 53.5 Å². The molecule has 1 aromatic carbocycles. The third-order valence-corrected chi connectivity index (χ3v) is 4.55. The fourth-order valence-corrected chi connectivity index (χ4v) is 3.00. The molecule has 132 valence electrons. The number of hydrogen-bond acceptors (Lipinski definition) is 4. The molecule has 0 spiro atoms. The molecule has 1 amide bonds. The highest BCUT2D eigenvalue weighted by molar-refractivity contribution is 5.78. The van der Waals surface area contributed by atoms with Crippen molar-refractivity contribution in [2.24, 2.45) is 0 Å². The van der Waals surface area contributed by atoms with Crippen LogP contribution in [0.5, 0.6) is 5.75 Å². The lowest BCUT2D eigenvalue weighted by molar-refractivity contribution is -0.135. The van der Waals surface area contributed by atoms with Crippen molar-refractivity contribution in [1.82, 2.24) is 14.8 Å². The van der Waals surface area contributed by atoms with Crippen molar-refractivity contribution >= 4 is 5.91 Å². The normalized spacial score (nSPS) is 15.2. The molecule has 25 heavy (non-hydrogen) atoms. The van der Waals surface area contributed by atoms with Crippen molar-refractivity contribution in [2.45, 2.75) is 20.4 Å². The molecule has 1 aromatic heterocycles. The van der Waals surface area contributed by atoms with E-state index in [0.29, 0.717) is 0 Å². The first-order chi connectivity index (χ1) is 12.1. The van der Waals surface area contributed by atoms with Crippen LogP contribution in [0.15, 0.2) is 42.7 Å². The summed E-state index contributed by atoms with van der Waals surface area (Å²) in [6, 6.07) is 10.1. The summed E-state index contributed by atoms with van der Waals surface area (Å²) >= 11 is 0. The molecule has 0 atom stereocenters. The minimum Gasteiger partial charge on any atom is -0.483 e. The maximum absolute atomic E-state index is 12.4. The Balaban J connectivity index is 1.46. The number of carbonyl (C=O) groups excluding carboxylic acids is 1. The molecule has 0 bridgehead atoms. The molecule has 1 aliphatic heterocycles. The summed E-state index contributed by atoms with van der Waals surface area (Å²) in [5.74, 6) is 0.852.